The topological polar surface area (TPSA) is 38.7 Å². The maximum Gasteiger partial charge on any atom is 0.122 e. The summed E-state index contributed by atoms with van der Waals surface area (Å²) >= 11 is 3.45. The van der Waals surface area contributed by atoms with Gasteiger partial charge in [-0.15, -0.1) is 0 Å². The number of halogens is 1. The Labute approximate surface area is 116 Å². The van der Waals surface area contributed by atoms with E-state index < -0.39 is 5.60 Å². The van der Waals surface area contributed by atoms with Gasteiger partial charge in [0.25, 0.3) is 0 Å². The van der Waals surface area contributed by atoms with Crippen LogP contribution in [0.3, 0.4) is 0 Å². The van der Waals surface area contributed by atoms with Crippen LogP contribution in [0.2, 0.25) is 0 Å². The monoisotopic (exact) mass is 314 g/mol. The zero-order valence-corrected chi connectivity index (χ0v) is 12.4. The molecule has 100 valence electrons. The van der Waals surface area contributed by atoms with Crippen LogP contribution < -0.4 is 4.74 Å². The molecule has 1 heterocycles. The van der Waals surface area contributed by atoms with Crippen molar-refractivity contribution in [2.75, 3.05) is 20.3 Å². The van der Waals surface area contributed by atoms with E-state index >= 15 is 0 Å². The fraction of sp³-hybridized carbons (Fsp3) is 0.571. The lowest BCUT2D eigenvalue weighted by Gasteiger charge is -2.29. The first-order valence-electron chi connectivity index (χ1n) is 6.15. The summed E-state index contributed by atoms with van der Waals surface area (Å²) in [4.78, 5) is 0. The van der Waals surface area contributed by atoms with E-state index in [0.29, 0.717) is 13.0 Å². The third kappa shape index (κ3) is 3.05. The average Bonchev–Trinajstić information content (AvgIpc) is 2.83. The second-order valence-electron chi connectivity index (χ2n) is 5.05. The minimum atomic E-state index is -0.759. The van der Waals surface area contributed by atoms with Gasteiger partial charge in [-0.25, -0.2) is 0 Å². The van der Waals surface area contributed by atoms with Gasteiger partial charge in [-0.05, 0) is 37.1 Å². The van der Waals surface area contributed by atoms with E-state index in [1.165, 1.54) is 0 Å². The first-order chi connectivity index (χ1) is 8.53. The van der Waals surface area contributed by atoms with Crippen molar-refractivity contribution >= 4 is 15.9 Å². The van der Waals surface area contributed by atoms with Gasteiger partial charge in [-0.2, -0.15) is 0 Å². The van der Waals surface area contributed by atoms with Crippen LogP contribution in [0.4, 0.5) is 0 Å². The molecule has 0 radical (unpaired) electrons. The summed E-state index contributed by atoms with van der Waals surface area (Å²) in [5.41, 5.74) is 0.258. The average molecular weight is 315 g/mol. The first kappa shape index (κ1) is 13.8. The van der Waals surface area contributed by atoms with Crippen LogP contribution >= 0.6 is 15.9 Å². The third-order valence-electron chi connectivity index (χ3n) is 3.60. The Morgan fingerprint density at radius 3 is 2.94 bits per heavy atom. The second-order valence-corrected chi connectivity index (χ2v) is 5.97. The summed E-state index contributed by atoms with van der Waals surface area (Å²) in [6.45, 7) is 3.27. The van der Waals surface area contributed by atoms with E-state index in [-0.39, 0.29) is 5.92 Å². The minimum Gasteiger partial charge on any atom is -0.496 e. The molecule has 0 saturated carbocycles. The predicted octanol–water partition coefficient (Wildman–Crippen LogP) is 2.79. The van der Waals surface area contributed by atoms with E-state index in [1.54, 1.807) is 7.11 Å². The molecule has 1 N–H and O–H groups in total. The van der Waals surface area contributed by atoms with Crippen LogP contribution in [0.1, 0.15) is 18.9 Å². The van der Waals surface area contributed by atoms with E-state index in [9.17, 15) is 5.11 Å². The molecule has 18 heavy (non-hydrogen) atoms. The van der Waals surface area contributed by atoms with Crippen LogP contribution in [0.5, 0.6) is 5.75 Å². The third-order valence-corrected chi connectivity index (χ3v) is 4.09. The molecule has 0 aromatic heterocycles. The van der Waals surface area contributed by atoms with Crippen molar-refractivity contribution in [1.29, 1.82) is 0 Å². The van der Waals surface area contributed by atoms with Gasteiger partial charge >= 0.3 is 0 Å². The maximum atomic E-state index is 10.6. The normalized spacial score (nSPS) is 22.8. The van der Waals surface area contributed by atoms with E-state index in [1.807, 2.05) is 25.1 Å². The Hall–Kier alpha value is -0.580. The van der Waals surface area contributed by atoms with Crippen LogP contribution in [0.25, 0.3) is 0 Å². The molecule has 2 rings (SSSR count). The molecule has 0 amide bonds. The van der Waals surface area contributed by atoms with E-state index in [2.05, 4.69) is 15.9 Å². The lowest BCUT2D eigenvalue weighted by Crippen LogP contribution is -2.37. The Kier molecular flexibility index (Phi) is 4.30. The molecule has 1 saturated heterocycles. The van der Waals surface area contributed by atoms with Gasteiger partial charge in [0.1, 0.15) is 5.75 Å². The van der Waals surface area contributed by atoms with Gasteiger partial charge < -0.3 is 14.6 Å². The largest absolute Gasteiger partial charge is 0.496 e. The number of rotatable bonds is 4. The van der Waals surface area contributed by atoms with Crippen molar-refractivity contribution < 1.29 is 14.6 Å². The Morgan fingerprint density at radius 1 is 1.56 bits per heavy atom. The number of hydrogen-bond donors (Lipinski definition) is 1. The molecule has 3 nitrogen and oxygen atoms in total. The van der Waals surface area contributed by atoms with Gasteiger partial charge in [0.05, 0.1) is 19.3 Å². The van der Waals surface area contributed by atoms with Crippen molar-refractivity contribution in [2.24, 2.45) is 5.92 Å². The standard InChI is InChI=1S/C14H19BrO3/c1-14(16,11-5-6-18-9-11)8-10-7-12(15)3-4-13(10)17-2/h3-4,7,11,16H,5-6,8-9H2,1-2H3. The quantitative estimate of drug-likeness (QED) is 0.928. The summed E-state index contributed by atoms with van der Waals surface area (Å²) in [5, 5.41) is 10.6. The molecular weight excluding hydrogens is 296 g/mol. The Morgan fingerprint density at radius 2 is 2.33 bits per heavy atom. The first-order valence-corrected chi connectivity index (χ1v) is 6.95. The number of hydrogen-bond acceptors (Lipinski definition) is 3. The molecule has 1 aromatic carbocycles. The maximum absolute atomic E-state index is 10.6. The van der Waals surface area contributed by atoms with Gasteiger partial charge in [0, 0.05) is 23.4 Å². The van der Waals surface area contributed by atoms with Crippen LogP contribution in [-0.4, -0.2) is 31.0 Å². The van der Waals surface area contributed by atoms with Crippen molar-refractivity contribution in [3.8, 4) is 5.75 Å². The van der Waals surface area contributed by atoms with Gasteiger partial charge in [0.2, 0.25) is 0 Å². The summed E-state index contributed by atoms with van der Waals surface area (Å²) in [6.07, 6.45) is 1.49. The van der Waals surface area contributed by atoms with Gasteiger partial charge in [0.15, 0.2) is 0 Å². The molecule has 0 spiro atoms. The Balaban J connectivity index is 2.19. The molecule has 1 fully saturated rings. The highest BCUT2D eigenvalue weighted by atomic mass is 79.9. The zero-order valence-electron chi connectivity index (χ0n) is 10.8. The molecule has 0 aliphatic carbocycles. The summed E-state index contributed by atoms with van der Waals surface area (Å²) in [6, 6.07) is 5.86. The SMILES string of the molecule is COc1ccc(Br)cc1CC(C)(O)C1CCOC1. The molecule has 1 aromatic rings. The van der Waals surface area contributed by atoms with E-state index in [4.69, 9.17) is 9.47 Å². The number of aliphatic hydroxyl groups is 1. The summed E-state index contributed by atoms with van der Waals surface area (Å²) in [5.74, 6) is 1.01. The summed E-state index contributed by atoms with van der Waals surface area (Å²) in [7, 11) is 1.65. The molecule has 4 heteroatoms. The lowest BCUT2D eigenvalue weighted by atomic mass is 9.83. The number of benzene rings is 1. The Bertz CT molecular complexity index is 412. The molecule has 0 bridgehead atoms. The second kappa shape index (κ2) is 5.59. The summed E-state index contributed by atoms with van der Waals surface area (Å²) < 4.78 is 11.7. The van der Waals surface area contributed by atoms with Gasteiger partial charge in [-0.1, -0.05) is 15.9 Å². The lowest BCUT2D eigenvalue weighted by molar-refractivity contribution is -0.00495. The molecule has 1 aliphatic rings. The fourth-order valence-corrected chi connectivity index (χ4v) is 2.85. The van der Waals surface area contributed by atoms with Crippen molar-refractivity contribution in [1.82, 2.24) is 0 Å². The van der Waals surface area contributed by atoms with Crippen molar-refractivity contribution in [3.63, 3.8) is 0 Å². The number of methoxy groups -OCH3 is 1. The van der Waals surface area contributed by atoms with Crippen LogP contribution in [-0.2, 0) is 11.2 Å². The fourth-order valence-electron chi connectivity index (χ4n) is 2.44. The van der Waals surface area contributed by atoms with Crippen LogP contribution in [0.15, 0.2) is 22.7 Å². The molecule has 2 unspecified atom stereocenters. The van der Waals surface area contributed by atoms with Crippen molar-refractivity contribution in [3.05, 3.63) is 28.2 Å². The number of ether oxygens (including phenoxy) is 2. The van der Waals surface area contributed by atoms with Gasteiger partial charge in [-0.3, -0.25) is 0 Å². The van der Waals surface area contributed by atoms with E-state index in [0.717, 1.165) is 28.8 Å². The smallest absolute Gasteiger partial charge is 0.122 e. The van der Waals surface area contributed by atoms with Crippen LogP contribution in [0, 0.1) is 5.92 Å². The molecular formula is C14H19BrO3. The van der Waals surface area contributed by atoms with Crippen molar-refractivity contribution in [2.45, 2.75) is 25.4 Å². The zero-order chi connectivity index (χ0) is 13.2. The highest BCUT2D eigenvalue weighted by Crippen LogP contribution is 2.33. The minimum absolute atomic E-state index is 0.196. The highest BCUT2D eigenvalue weighted by molar-refractivity contribution is 9.10. The molecule has 1 aliphatic heterocycles. The molecule has 2 atom stereocenters. The predicted molar refractivity (Wildman–Crippen MR) is 73.9 cm³/mol. The highest BCUT2D eigenvalue weighted by Gasteiger charge is 2.35.